The van der Waals surface area contributed by atoms with Crippen LogP contribution in [-0.4, -0.2) is 30.4 Å². The Balaban J connectivity index is 1.94. The van der Waals surface area contributed by atoms with Gasteiger partial charge in [0.2, 0.25) is 0 Å². The van der Waals surface area contributed by atoms with E-state index in [0.29, 0.717) is 0 Å². The first-order chi connectivity index (χ1) is 15.9. The van der Waals surface area contributed by atoms with Gasteiger partial charge in [-0.25, -0.2) is 14.5 Å². The van der Waals surface area contributed by atoms with Gasteiger partial charge in [-0.05, 0) is 44.2 Å². The molecule has 0 radical (unpaired) electrons. The van der Waals surface area contributed by atoms with E-state index in [-0.39, 0.29) is 29.0 Å². The van der Waals surface area contributed by atoms with Crippen LogP contribution < -0.4 is 4.90 Å². The van der Waals surface area contributed by atoms with Gasteiger partial charge in [-0.15, -0.1) is 0 Å². The summed E-state index contributed by atoms with van der Waals surface area (Å²) in [6.07, 6.45) is 0. The Bertz CT molecular complexity index is 1240. The molecule has 0 spiro atoms. The maximum atomic E-state index is 13.9. The van der Waals surface area contributed by atoms with Crippen molar-refractivity contribution in [3.05, 3.63) is 101 Å². The number of esters is 2. The van der Waals surface area contributed by atoms with E-state index in [2.05, 4.69) is 0 Å². The molecule has 0 fully saturated rings. The number of rotatable bonds is 5. The Morgan fingerprint density at radius 1 is 0.879 bits per heavy atom. The zero-order valence-corrected chi connectivity index (χ0v) is 18.1. The number of imide groups is 1. The third kappa shape index (κ3) is 3.67. The highest BCUT2D eigenvalue weighted by atomic mass is 16.6. The van der Waals surface area contributed by atoms with Crippen molar-refractivity contribution in [2.45, 2.75) is 19.4 Å². The van der Waals surface area contributed by atoms with Gasteiger partial charge in [0.1, 0.15) is 0 Å². The molecule has 7 nitrogen and oxygen atoms in total. The van der Waals surface area contributed by atoms with Crippen molar-refractivity contribution in [1.29, 1.82) is 0 Å². The molecule has 3 aromatic carbocycles. The average Bonchev–Trinajstić information content (AvgIpc) is 2.83. The number of carbonyl (C=O) groups excluding carboxylic acids is 4. The van der Waals surface area contributed by atoms with Crippen molar-refractivity contribution in [1.82, 2.24) is 0 Å². The maximum absolute atomic E-state index is 13.9. The largest absolute Gasteiger partial charge is 0.462 e. The molecule has 0 aromatic heterocycles. The van der Waals surface area contributed by atoms with Gasteiger partial charge in [0.25, 0.3) is 11.8 Å². The quantitative estimate of drug-likeness (QED) is 0.339. The number of carbonyl (C=O) groups is 4. The fourth-order valence-electron chi connectivity index (χ4n) is 3.73. The lowest BCUT2D eigenvalue weighted by molar-refractivity contribution is -0.172. The molecule has 0 bridgehead atoms. The number of anilines is 1. The highest BCUT2D eigenvalue weighted by molar-refractivity contribution is 6.32. The number of aryl methyl sites for hydroxylation is 1. The van der Waals surface area contributed by atoms with Crippen LogP contribution in [0.4, 0.5) is 5.69 Å². The third-order valence-electron chi connectivity index (χ3n) is 5.35. The SMILES string of the molecule is CCOC(=O)C1(OC(=O)c2ccccc2)C(=O)N(c2ccc(C)cc2)C(=O)c2ccccc21. The van der Waals surface area contributed by atoms with Crippen molar-refractivity contribution in [2.75, 3.05) is 11.5 Å². The van der Waals surface area contributed by atoms with Gasteiger partial charge >= 0.3 is 17.5 Å². The van der Waals surface area contributed by atoms with E-state index in [0.717, 1.165) is 10.5 Å². The molecule has 33 heavy (non-hydrogen) atoms. The predicted octanol–water partition coefficient (Wildman–Crippen LogP) is 3.80. The first kappa shape index (κ1) is 22.0. The van der Waals surface area contributed by atoms with Crippen molar-refractivity contribution >= 4 is 29.4 Å². The Morgan fingerprint density at radius 2 is 1.52 bits per heavy atom. The minimum atomic E-state index is -2.49. The zero-order valence-electron chi connectivity index (χ0n) is 18.1. The molecular formula is C26H21NO6. The molecule has 0 N–H and O–H groups in total. The van der Waals surface area contributed by atoms with Crippen LogP contribution in [0.5, 0.6) is 0 Å². The second-order valence-electron chi connectivity index (χ2n) is 7.48. The summed E-state index contributed by atoms with van der Waals surface area (Å²) < 4.78 is 10.9. The fraction of sp³-hybridized carbons (Fsp3) is 0.154. The van der Waals surface area contributed by atoms with Crippen LogP contribution in [0.15, 0.2) is 78.9 Å². The second-order valence-corrected chi connectivity index (χ2v) is 7.48. The molecule has 1 atom stereocenters. The van der Waals surface area contributed by atoms with Crippen molar-refractivity contribution in [2.24, 2.45) is 0 Å². The van der Waals surface area contributed by atoms with E-state index in [9.17, 15) is 19.2 Å². The van der Waals surface area contributed by atoms with Crippen LogP contribution in [0, 0.1) is 6.92 Å². The molecule has 0 saturated carbocycles. The number of fused-ring (bicyclic) bond motifs is 1. The van der Waals surface area contributed by atoms with Gasteiger partial charge in [-0.2, -0.15) is 0 Å². The van der Waals surface area contributed by atoms with Gasteiger partial charge in [-0.3, -0.25) is 9.59 Å². The summed E-state index contributed by atoms with van der Waals surface area (Å²) in [6.45, 7) is 3.38. The highest BCUT2D eigenvalue weighted by Crippen LogP contribution is 2.40. The zero-order chi connectivity index (χ0) is 23.6. The lowest BCUT2D eigenvalue weighted by atomic mass is 9.83. The van der Waals surface area contributed by atoms with Gasteiger partial charge in [-0.1, -0.05) is 54.1 Å². The summed E-state index contributed by atoms with van der Waals surface area (Å²) >= 11 is 0. The Kier molecular flexibility index (Phi) is 5.79. The summed E-state index contributed by atoms with van der Waals surface area (Å²) in [5, 5.41) is 0. The van der Waals surface area contributed by atoms with E-state index in [4.69, 9.17) is 9.47 Å². The summed E-state index contributed by atoms with van der Waals surface area (Å²) in [7, 11) is 0. The lowest BCUT2D eigenvalue weighted by Gasteiger charge is -2.39. The van der Waals surface area contributed by atoms with Crippen LogP contribution in [0.3, 0.4) is 0 Å². The number of benzene rings is 3. The molecule has 4 rings (SSSR count). The maximum Gasteiger partial charge on any atom is 0.365 e. The predicted molar refractivity (Wildman–Crippen MR) is 120 cm³/mol. The lowest BCUT2D eigenvalue weighted by Crippen LogP contribution is -2.61. The summed E-state index contributed by atoms with van der Waals surface area (Å²) in [6, 6.07) is 20.7. The molecule has 2 amide bonds. The molecule has 0 aliphatic carbocycles. The molecule has 7 heteroatoms. The van der Waals surface area contributed by atoms with Crippen LogP contribution in [0.2, 0.25) is 0 Å². The number of ether oxygens (including phenoxy) is 2. The van der Waals surface area contributed by atoms with E-state index in [1.165, 1.54) is 24.3 Å². The Morgan fingerprint density at radius 3 is 2.18 bits per heavy atom. The van der Waals surface area contributed by atoms with Gasteiger partial charge < -0.3 is 9.47 Å². The fourth-order valence-corrected chi connectivity index (χ4v) is 3.73. The molecule has 1 aliphatic rings. The topological polar surface area (TPSA) is 90.0 Å². The monoisotopic (exact) mass is 443 g/mol. The van der Waals surface area contributed by atoms with Gasteiger partial charge in [0, 0.05) is 11.1 Å². The minimum absolute atomic E-state index is 0.0360. The standard InChI is InChI=1S/C26H21NO6/c1-3-32-25(31)26(33-23(29)18-9-5-4-6-10-18)21-12-8-7-11-20(21)22(28)27(24(26)30)19-15-13-17(2)14-16-19/h4-16H,3H2,1-2H3. The highest BCUT2D eigenvalue weighted by Gasteiger charge is 2.61. The normalized spacial score (nSPS) is 17.3. The molecular weight excluding hydrogens is 422 g/mol. The van der Waals surface area contributed by atoms with Crippen LogP contribution >= 0.6 is 0 Å². The van der Waals surface area contributed by atoms with Gasteiger partial charge in [0.05, 0.1) is 17.9 Å². The smallest absolute Gasteiger partial charge is 0.365 e. The number of hydrogen-bond donors (Lipinski definition) is 0. The average molecular weight is 443 g/mol. The van der Waals surface area contributed by atoms with Crippen LogP contribution in [0.25, 0.3) is 0 Å². The summed E-state index contributed by atoms with van der Waals surface area (Å²) in [5.74, 6) is -3.62. The molecule has 166 valence electrons. The Labute approximate surface area is 190 Å². The number of amides is 2. The Hall–Kier alpha value is -4.26. The van der Waals surface area contributed by atoms with E-state index < -0.39 is 29.4 Å². The molecule has 1 unspecified atom stereocenters. The van der Waals surface area contributed by atoms with Gasteiger partial charge in [0.15, 0.2) is 0 Å². The molecule has 3 aromatic rings. The van der Waals surface area contributed by atoms with Crippen molar-refractivity contribution in [3.8, 4) is 0 Å². The van der Waals surface area contributed by atoms with E-state index in [1.54, 1.807) is 61.5 Å². The minimum Gasteiger partial charge on any atom is -0.462 e. The van der Waals surface area contributed by atoms with Crippen LogP contribution in [0.1, 0.15) is 38.8 Å². The summed E-state index contributed by atoms with van der Waals surface area (Å²) in [4.78, 5) is 54.5. The second kappa shape index (κ2) is 8.70. The number of nitrogens with zero attached hydrogens (tertiary/aromatic N) is 1. The number of hydrogen-bond acceptors (Lipinski definition) is 6. The summed E-state index contributed by atoms with van der Waals surface area (Å²) in [5.41, 5.74) is -1.15. The first-order valence-corrected chi connectivity index (χ1v) is 10.4. The molecule has 1 aliphatic heterocycles. The first-order valence-electron chi connectivity index (χ1n) is 10.4. The third-order valence-corrected chi connectivity index (χ3v) is 5.35. The van der Waals surface area contributed by atoms with E-state index >= 15 is 0 Å². The molecule has 1 heterocycles. The van der Waals surface area contributed by atoms with Crippen molar-refractivity contribution < 1.29 is 28.7 Å². The molecule has 0 saturated heterocycles. The van der Waals surface area contributed by atoms with E-state index in [1.807, 2.05) is 6.92 Å². The van der Waals surface area contributed by atoms with Crippen LogP contribution in [-0.2, 0) is 24.7 Å². The van der Waals surface area contributed by atoms with Crippen molar-refractivity contribution in [3.63, 3.8) is 0 Å².